The third-order valence-corrected chi connectivity index (χ3v) is 6.87. The highest BCUT2D eigenvalue weighted by atomic mass is 35.5. The first-order valence-corrected chi connectivity index (χ1v) is 11.8. The summed E-state index contributed by atoms with van der Waals surface area (Å²) >= 11 is 7.48. The van der Waals surface area contributed by atoms with Gasteiger partial charge in [-0.05, 0) is 58.3 Å². The average Bonchev–Trinajstić information content (AvgIpc) is 3.03. The molecule has 3 rings (SSSR count). The van der Waals surface area contributed by atoms with Gasteiger partial charge in [-0.25, -0.2) is 0 Å². The van der Waals surface area contributed by atoms with Crippen LogP contribution >= 0.6 is 30.3 Å². The van der Waals surface area contributed by atoms with Crippen LogP contribution < -0.4 is 10.1 Å². The Kier molecular flexibility index (Phi) is 6.26. The number of carbonyl (C=O) groups excluding carboxylic acids is 1. The molecule has 0 bridgehead atoms. The van der Waals surface area contributed by atoms with Gasteiger partial charge in [-0.15, -0.1) is 11.3 Å². The zero-order valence-electron chi connectivity index (χ0n) is 15.3. The Balaban J connectivity index is 1.87. The molecule has 2 unspecified atom stereocenters. The van der Waals surface area contributed by atoms with Gasteiger partial charge in [0.1, 0.15) is 11.4 Å². The minimum Gasteiger partial charge on any atom is -0.497 e. The molecule has 0 aliphatic rings. The Labute approximate surface area is 172 Å². The number of hydrogen-bond donors (Lipinski definition) is 2. The fourth-order valence-electron chi connectivity index (χ4n) is 2.89. The normalized spacial score (nSPS) is 14.7. The van der Waals surface area contributed by atoms with Crippen molar-refractivity contribution < 1.29 is 19.0 Å². The van der Waals surface area contributed by atoms with E-state index < -0.39 is 18.9 Å². The predicted octanol–water partition coefficient (Wildman–Crippen LogP) is 5.29. The van der Waals surface area contributed by atoms with Gasteiger partial charge in [0, 0.05) is 22.6 Å². The fourth-order valence-corrected chi connectivity index (χ4v) is 5.37. The number of fused-ring (bicyclic) bond motifs is 1. The van der Waals surface area contributed by atoms with E-state index in [1.54, 1.807) is 30.7 Å². The third kappa shape index (κ3) is 4.65. The highest BCUT2D eigenvalue weighted by Gasteiger charge is 2.36. The van der Waals surface area contributed by atoms with Crippen molar-refractivity contribution in [3.63, 3.8) is 0 Å². The maximum atomic E-state index is 12.8. The smallest absolute Gasteiger partial charge is 0.241 e. The number of amides is 1. The Morgan fingerprint density at radius 1 is 1.32 bits per heavy atom. The lowest BCUT2D eigenvalue weighted by molar-refractivity contribution is -0.120. The number of nitrogens with one attached hydrogen (secondary N) is 1. The van der Waals surface area contributed by atoms with Gasteiger partial charge in [0.15, 0.2) is 0 Å². The SMILES string of the molecule is COc1cccc(/C=C/NC(=O)C(c2csc3ccc(Cl)cc23)P(C)(=O)O)c1. The lowest BCUT2D eigenvalue weighted by atomic mass is 10.1. The molecule has 2 atom stereocenters. The Morgan fingerprint density at radius 3 is 2.82 bits per heavy atom. The van der Waals surface area contributed by atoms with Crippen molar-refractivity contribution in [3.8, 4) is 5.75 Å². The van der Waals surface area contributed by atoms with Crippen molar-refractivity contribution in [2.45, 2.75) is 5.66 Å². The molecular formula is C20H19ClNO4PS. The number of rotatable bonds is 6. The van der Waals surface area contributed by atoms with Crippen LogP contribution in [-0.4, -0.2) is 24.6 Å². The fraction of sp³-hybridized carbons (Fsp3) is 0.150. The van der Waals surface area contributed by atoms with E-state index in [9.17, 15) is 14.3 Å². The standard InChI is InChI=1S/C20H19ClNO4PS/c1-26-15-5-3-4-13(10-15)8-9-22-20(23)19(27(2,24)25)17-12-28-18-7-6-14(21)11-16(17)18/h3-12,19H,1-2H3,(H,22,23)(H,24,25)/b9-8+. The summed E-state index contributed by atoms with van der Waals surface area (Å²) < 4.78 is 18.6. The number of methoxy groups -OCH3 is 1. The van der Waals surface area contributed by atoms with Crippen LogP contribution in [0.4, 0.5) is 0 Å². The van der Waals surface area contributed by atoms with Gasteiger partial charge in [0.05, 0.1) is 7.11 Å². The minimum absolute atomic E-state index is 0.503. The van der Waals surface area contributed by atoms with Crippen LogP contribution in [0.3, 0.4) is 0 Å². The summed E-state index contributed by atoms with van der Waals surface area (Å²) in [4.78, 5) is 23.0. The van der Waals surface area contributed by atoms with Crippen molar-refractivity contribution in [3.05, 3.63) is 70.2 Å². The monoisotopic (exact) mass is 435 g/mol. The molecule has 8 heteroatoms. The molecule has 5 nitrogen and oxygen atoms in total. The first-order chi connectivity index (χ1) is 13.3. The van der Waals surface area contributed by atoms with Crippen molar-refractivity contribution in [1.29, 1.82) is 0 Å². The van der Waals surface area contributed by atoms with Crippen LogP contribution in [0.1, 0.15) is 16.8 Å². The van der Waals surface area contributed by atoms with E-state index >= 15 is 0 Å². The van der Waals surface area contributed by atoms with E-state index in [0.717, 1.165) is 10.3 Å². The van der Waals surface area contributed by atoms with Crippen molar-refractivity contribution in [1.82, 2.24) is 5.32 Å². The lowest BCUT2D eigenvalue weighted by Gasteiger charge is -2.18. The maximum Gasteiger partial charge on any atom is 0.241 e. The van der Waals surface area contributed by atoms with Gasteiger partial charge in [-0.3, -0.25) is 9.36 Å². The molecule has 0 fully saturated rings. The van der Waals surface area contributed by atoms with Gasteiger partial charge in [-0.2, -0.15) is 0 Å². The number of hydrogen-bond acceptors (Lipinski definition) is 4. The van der Waals surface area contributed by atoms with Gasteiger partial charge < -0.3 is 14.9 Å². The van der Waals surface area contributed by atoms with Crippen LogP contribution in [-0.2, 0) is 9.36 Å². The van der Waals surface area contributed by atoms with Gasteiger partial charge >= 0.3 is 0 Å². The van der Waals surface area contributed by atoms with Gasteiger partial charge in [0.2, 0.25) is 13.3 Å². The Hall–Kier alpha value is -2.11. The molecule has 0 aliphatic carbocycles. The zero-order chi connectivity index (χ0) is 20.3. The molecule has 1 amide bonds. The molecule has 2 N–H and O–H groups in total. The molecule has 2 aromatic carbocycles. The second kappa shape index (κ2) is 8.50. The highest BCUT2D eigenvalue weighted by Crippen LogP contribution is 2.54. The molecule has 28 heavy (non-hydrogen) atoms. The maximum absolute atomic E-state index is 12.8. The molecule has 0 saturated heterocycles. The second-order valence-corrected chi connectivity index (χ2v) is 10.0. The van der Waals surface area contributed by atoms with E-state index in [4.69, 9.17) is 16.3 Å². The van der Waals surface area contributed by atoms with E-state index in [1.165, 1.54) is 24.2 Å². The summed E-state index contributed by atoms with van der Waals surface area (Å²) in [5.41, 5.74) is 0.144. The topological polar surface area (TPSA) is 75.6 Å². The molecule has 0 spiro atoms. The number of thiophene rings is 1. The number of carbonyl (C=O) groups is 1. The largest absolute Gasteiger partial charge is 0.497 e. The van der Waals surface area contributed by atoms with Crippen LogP contribution in [0.5, 0.6) is 5.75 Å². The zero-order valence-corrected chi connectivity index (χ0v) is 17.7. The first-order valence-electron chi connectivity index (χ1n) is 8.37. The minimum atomic E-state index is -3.77. The number of ether oxygens (including phenoxy) is 1. The number of benzene rings is 2. The van der Waals surface area contributed by atoms with Crippen molar-refractivity contribution in [2.75, 3.05) is 13.8 Å². The molecule has 0 radical (unpaired) electrons. The molecule has 1 aromatic heterocycles. The third-order valence-electron chi connectivity index (χ3n) is 4.18. The Bertz CT molecular complexity index is 1090. The first kappa shape index (κ1) is 20.6. The highest BCUT2D eigenvalue weighted by molar-refractivity contribution is 7.58. The molecule has 3 aromatic rings. The van der Waals surface area contributed by atoms with Crippen LogP contribution in [0.15, 0.2) is 54.0 Å². The Morgan fingerprint density at radius 2 is 2.11 bits per heavy atom. The average molecular weight is 436 g/mol. The predicted molar refractivity (Wildman–Crippen MR) is 115 cm³/mol. The van der Waals surface area contributed by atoms with Gasteiger partial charge in [0.25, 0.3) is 0 Å². The quantitative estimate of drug-likeness (QED) is 0.516. The van der Waals surface area contributed by atoms with Crippen molar-refractivity contribution in [2.24, 2.45) is 0 Å². The van der Waals surface area contributed by atoms with E-state index in [0.29, 0.717) is 21.7 Å². The van der Waals surface area contributed by atoms with Crippen LogP contribution in [0, 0.1) is 0 Å². The molecular weight excluding hydrogens is 417 g/mol. The number of halogens is 1. The molecule has 146 valence electrons. The summed E-state index contributed by atoms with van der Waals surface area (Å²) in [6.45, 7) is 1.19. The summed E-state index contributed by atoms with van der Waals surface area (Å²) in [6.07, 6.45) is 3.15. The second-order valence-electron chi connectivity index (χ2n) is 6.30. The summed E-state index contributed by atoms with van der Waals surface area (Å²) in [5.74, 6) is 0.147. The summed E-state index contributed by atoms with van der Waals surface area (Å²) in [6, 6.07) is 12.6. The molecule has 0 aliphatic heterocycles. The van der Waals surface area contributed by atoms with Crippen LogP contribution in [0.2, 0.25) is 5.02 Å². The lowest BCUT2D eigenvalue weighted by Crippen LogP contribution is -2.25. The van der Waals surface area contributed by atoms with E-state index in [1.807, 2.05) is 30.3 Å². The molecule has 1 heterocycles. The summed E-state index contributed by atoms with van der Waals surface area (Å²) in [7, 11) is -2.19. The summed E-state index contributed by atoms with van der Waals surface area (Å²) in [5, 5.41) is 5.58. The van der Waals surface area contributed by atoms with Gasteiger partial charge in [-0.1, -0.05) is 23.7 Å². The van der Waals surface area contributed by atoms with Crippen LogP contribution in [0.25, 0.3) is 16.2 Å². The van der Waals surface area contributed by atoms with E-state index in [2.05, 4.69) is 5.32 Å². The van der Waals surface area contributed by atoms with E-state index in [-0.39, 0.29) is 0 Å². The molecule has 0 saturated carbocycles. The van der Waals surface area contributed by atoms with Crippen molar-refractivity contribution >= 4 is 52.4 Å².